The highest BCUT2D eigenvalue weighted by Crippen LogP contribution is 2.25. The summed E-state index contributed by atoms with van der Waals surface area (Å²) in [5.41, 5.74) is 17.5. The van der Waals surface area contributed by atoms with Gasteiger partial charge in [-0.1, -0.05) is 18.2 Å². The standard InChI is InChI=1S/C21H25N3O7.C2H7NO/c1-11(24-19(28)15(22)8-12-2-5-14(25)6-3-12)20(29)31-21(30)16(23)9-13-4-7-17(26)18(27)10-13;3-1-2-4/h2-7,10-11,15-16,25-27H,8-9,22-23H2,1H3,(H,24,28);4H,1-3H2/t11-,15+,16+;/m1./s1. The Morgan fingerprint density at radius 3 is 1.97 bits per heavy atom. The molecule has 12 heteroatoms. The van der Waals surface area contributed by atoms with Gasteiger partial charge in [0.2, 0.25) is 5.91 Å². The first kappa shape index (κ1) is 29.3. The van der Waals surface area contributed by atoms with E-state index in [4.69, 9.17) is 27.0 Å². The van der Waals surface area contributed by atoms with Gasteiger partial charge in [0, 0.05) is 6.54 Å². The molecule has 0 radical (unpaired) electrons. The van der Waals surface area contributed by atoms with Crippen LogP contribution in [-0.2, 0) is 32.0 Å². The molecule has 192 valence electrons. The number of phenols is 3. The van der Waals surface area contributed by atoms with Gasteiger partial charge in [0.05, 0.1) is 12.6 Å². The molecular formula is C23H32N4O8. The third kappa shape index (κ3) is 10.4. The predicted octanol–water partition coefficient (Wildman–Crippen LogP) is -1.24. The van der Waals surface area contributed by atoms with E-state index in [0.717, 1.165) is 5.56 Å². The van der Waals surface area contributed by atoms with Gasteiger partial charge in [-0.25, -0.2) is 9.59 Å². The van der Waals surface area contributed by atoms with Gasteiger partial charge in [-0.05, 0) is 55.2 Å². The van der Waals surface area contributed by atoms with Crippen molar-refractivity contribution >= 4 is 17.8 Å². The molecule has 12 nitrogen and oxygen atoms in total. The summed E-state index contributed by atoms with van der Waals surface area (Å²) < 4.78 is 4.71. The average molecular weight is 493 g/mol. The number of nitrogens with one attached hydrogen (secondary N) is 1. The Morgan fingerprint density at radius 2 is 1.43 bits per heavy atom. The minimum Gasteiger partial charge on any atom is -0.508 e. The van der Waals surface area contributed by atoms with Gasteiger partial charge in [0.15, 0.2) is 11.5 Å². The second-order valence-electron chi connectivity index (χ2n) is 7.59. The number of carbonyl (C=O) groups excluding carboxylic acids is 3. The number of esters is 2. The van der Waals surface area contributed by atoms with Gasteiger partial charge in [-0.3, -0.25) is 4.79 Å². The summed E-state index contributed by atoms with van der Waals surface area (Å²) in [5.74, 6) is -3.22. The lowest BCUT2D eigenvalue weighted by Gasteiger charge is -2.17. The maximum absolute atomic E-state index is 12.2. The summed E-state index contributed by atoms with van der Waals surface area (Å²) in [6.07, 6.45) is 0.134. The maximum Gasteiger partial charge on any atom is 0.336 e. The molecule has 3 atom stereocenters. The highest BCUT2D eigenvalue weighted by molar-refractivity contribution is 5.93. The topological polar surface area (TPSA) is 231 Å². The van der Waals surface area contributed by atoms with Crippen LogP contribution >= 0.6 is 0 Å². The van der Waals surface area contributed by atoms with Crippen LogP contribution in [0.15, 0.2) is 42.5 Å². The van der Waals surface area contributed by atoms with Gasteiger partial charge in [0.1, 0.15) is 17.8 Å². The molecule has 0 bridgehead atoms. The largest absolute Gasteiger partial charge is 0.508 e. The third-order valence-corrected chi connectivity index (χ3v) is 4.57. The highest BCUT2D eigenvalue weighted by Gasteiger charge is 2.26. The van der Waals surface area contributed by atoms with Gasteiger partial charge < -0.3 is 47.7 Å². The number of hydrogen-bond acceptors (Lipinski definition) is 11. The van der Waals surface area contributed by atoms with E-state index in [0.29, 0.717) is 12.1 Å². The van der Waals surface area contributed by atoms with Crippen molar-refractivity contribution in [2.45, 2.75) is 37.9 Å². The van der Waals surface area contributed by atoms with Crippen molar-refractivity contribution in [1.82, 2.24) is 5.32 Å². The molecule has 0 aliphatic rings. The van der Waals surface area contributed by atoms with Crippen molar-refractivity contribution in [1.29, 1.82) is 0 Å². The zero-order valence-corrected chi connectivity index (χ0v) is 19.3. The fourth-order valence-electron chi connectivity index (χ4n) is 2.65. The zero-order chi connectivity index (χ0) is 26.5. The van der Waals surface area contributed by atoms with E-state index in [2.05, 4.69) is 5.32 Å². The average Bonchev–Trinajstić information content (AvgIpc) is 2.82. The number of rotatable bonds is 9. The van der Waals surface area contributed by atoms with E-state index in [1.54, 1.807) is 12.1 Å². The first-order chi connectivity index (χ1) is 16.5. The highest BCUT2D eigenvalue weighted by atomic mass is 16.6. The molecule has 0 aromatic heterocycles. The molecule has 0 unspecified atom stereocenters. The minimum atomic E-state index is -1.20. The van der Waals surface area contributed by atoms with E-state index >= 15 is 0 Å². The van der Waals surface area contributed by atoms with Gasteiger partial charge in [0.25, 0.3) is 0 Å². The summed E-state index contributed by atoms with van der Waals surface area (Å²) >= 11 is 0. The van der Waals surface area contributed by atoms with E-state index in [1.165, 1.54) is 37.3 Å². The van der Waals surface area contributed by atoms with E-state index in [9.17, 15) is 29.7 Å². The second kappa shape index (κ2) is 14.5. The lowest BCUT2D eigenvalue weighted by molar-refractivity contribution is -0.162. The van der Waals surface area contributed by atoms with E-state index in [-0.39, 0.29) is 36.7 Å². The number of aliphatic hydroxyl groups is 1. The third-order valence-electron chi connectivity index (χ3n) is 4.57. The molecule has 1 amide bonds. The van der Waals surface area contributed by atoms with Crippen LogP contribution in [0.2, 0.25) is 0 Å². The lowest BCUT2D eigenvalue weighted by Crippen LogP contribution is -2.49. The summed E-state index contributed by atoms with van der Waals surface area (Å²) in [5, 5.41) is 38.2. The summed E-state index contributed by atoms with van der Waals surface area (Å²) in [4.78, 5) is 36.4. The summed E-state index contributed by atoms with van der Waals surface area (Å²) in [6, 6.07) is 6.81. The first-order valence-corrected chi connectivity index (χ1v) is 10.6. The van der Waals surface area contributed by atoms with Crippen molar-refractivity contribution in [2.75, 3.05) is 13.2 Å². The number of benzene rings is 2. The van der Waals surface area contributed by atoms with Crippen molar-refractivity contribution in [3.63, 3.8) is 0 Å². The fraction of sp³-hybridized carbons (Fsp3) is 0.348. The smallest absolute Gasteiger partial charge is 0.336 e. The number of phenolic OH excluding ortho intramolecular Hbond substituents is 3. The first-order valence-electron chi connectivity index (χ1n) is 10.6. The van der Waals surface area contributed by atoms with Crippen molar-refractivity contribution in [3.05, 3.63) is 53.6 Å². The minimum absolute atomic E-state index is 0.0435. The molecular weight excluding hydrogens is 460 g/mol. The normalized spacial score (nSPS) is 12.9. The fourth-order valence-corrected chi connectivity index (χ4v) is 2.65. The number of hydrogen-bond donors (Lipinski definition) is 8. The molecule has 0 heterocycles. The number of aliphatic hydroxyl groups excluding tert-OH is 1. The van der Waals surface area contributed by atoms with Crippen LogP contribution in [0.5, 0.6) is 17.2 Å². The quantitative estimate of drug-likeness (QED) is 0.117. The van der Waals surface area contributed by atoms with Crippen molar-refractivity contribution in [3.8, 4) is 17.2 Å². The molecule has 0 saturated carbocycles. The Hall–Kier alpha value is -3.71. The van der Waals surface area contributed by atoms with Crippen LogP contribution in [0.4, 0.5) is 0 Å². The lowest BCUT2D eigenvalue weighted by atomic mass is 10.1. The van der Waals surface area contributed by atoms with Crippen LogP contribution in [0.1, 0.15) is 18.1 Å². The number of ether oxygens (including phenoxy) is 1. The molecule has 0 spiro atoms. The molecule has 2 aromatic rings. The monoisotopic (exact) mass is 492 g/mol. The van der Waals surface area contributed by atoms with E-state index < -0.39 is 36.0 Å². The number of aromatic hydroxyl groups is 3. The molecule has 11 N–H and O–H groups in total. The Bertz CT molecular complexity index is 982. The molecule has 35 heavy (non-hydrogen) atoms. The second-order valence-corrected chi connectivity index (χ2v) is 7.59. The van der Waals surface area contributed by atoms with Crippen molar-refractivity contribution in [2.24, 2.45) is 17.2 Å². The molecule has 2 aromatic carbocycles. The van der Waals surface area contributed by atoms with Gasteiger partial charge in [-0.2, -0.15) is 0 Å². The number of nitrogens with two attached hydrogens (primary N) is 3. The Balaban J connectivity index is 0.00000142. The predicted molar refractivity (Wildman–Crippen MR) is 126 cm³/mol. The Kier molecular flexibility index (Phi) is 12.2. The number of carbonyl (C=O) groups is 3. The van der Waals surface area contributed by atoms with Crippen LogP contribution in [0.3, 0.4) is 0 Å². The van der Waals surface area contributed by atoms with Crippen LogP contribution in [0, 0.1) is 0 Å². The van der Waals surface area contributed by atoms with Crippen LogP contribution in [0.25, 0.3) is 0 Å². The molecule has 2 rings (SSSR count). The molecule has 0 aliphatic heterocycles. The van der Waals surface area contributed by atoms with Crippen molar-refractivity contribution < 1.29 is 39.5 Å². The van der Waals surface area contributed by atoms with Gasteiger partial charge >= 0.3 is 11.9 Å². The summed E-state index contributed by atoms with van der Waals surface area (Å²) in [6.45, 7) is 1.81. The SMILES string of the molecule is C[C@@H](NC(=O)[C@@H](N)Cc1ccc(O)cc1)C(=O)OC(=O)[C@@H](N)Cc1ccc(O)c(O)c1.NCCO. The number of amides is 1. The Labute approximate surface area is 202 Å². The molecule has 0 aliphatic carbocycles. The molecule has 0 fully saturated rings. The Morgan fingerprint density at radius 1 is 0.886 bits per heavy atom. The summed E-state index contributed by atoms with van der Waals surface area (Å²) in [7, 11) is 0. The van der Waals surface area contributed by atoms with Crippen LogP contribution in [-0.4, -0.2) is 69.5 Å². The maximum atomic E-state index is 12.2. The van der Waals surface area contributed by atoms with E-state index in [1.807, 2.05) is 0 Å². The van der Waals surface area contributed by atoms with Crippen LogP contribution < -0.4 is 22.5 Å². The zero-order valence-electron chi connectivity index (χ0n) is 19.3. The van der Waals surface area contributed by atoms with Gasteiger partial charge in [-0.15, -0.1) is 0 Å². The molecule has 0 saturated heterocycles.